The molecule has 0 saturated carbocycles. The second-order valence-corrected chi connectivity index (χ2v) is 11.5. The van der Waals surface area contributed by atoms with Crippen LogP contribution in [0.5, 0.6) is 0 Å². The van der Waals surface area contributed by atoms with Crippen LogP contribution in [-0.4, -0.2) is 31.5 Å². The fourth-order valence-electron chi connectivity index (χ4n) is 3.58. The zero-order chi connectivity index (χ0) is 28.0. The number of furan rings is 1. The van der Waals surface area contributed by atoms with Crippen LogP contribution in [0.25, 0.3) is 0 Å². The topological polar surface area (TPSA) is 89.2 Å². The highest BCUT2D eigenvalue weighted by Crippen LogP contribution is 2.27. The molecular formula is C28H23Cl3N2O5S. The number of nitrogens with zero attached hydrogens (tertiary/aromatic N) is 2. The fraction of sp³-hybridized carbons (Fsp3) is 0.143. The van der Waals surface area contributed by atoms with E-state index in [2.05, 4.69) is 4.99 Å². The smallest absolute Gasteiger partial charge is 0.338 e. The number of aliphatic imine (C=N–C) groups is 1. The predicted octanol–water partition coefficient (Wildman–Crippen LogP) is 7.56. The Bertz CT molecular complexity index is 1580. The summed E-state index contributed by atoms with van der Waals surface area (Å²) < 4.78 is 39.2. The van der Waals surface area contributed by atoms with Gasteiger partial charge in [0.1, 0.15) is 11.5 Å². The number of carbonyl (C=O) groups is 1. The van der Waals surface area contributed by atoms with Gasteiger partial charge in [0.15, 0.2) is 0 Å². The van der Waals surface area contributed by atoms with Crippen LogP contribution < -0.4 is 0 Å². The summed E-state index contributed by atoms with van der Waals surface area (Å²) in [5.41, 5.74) is 1.69. The quantitative estimate of drug-likeness (QED) is 0.137. The maximum atomic E-state index is 13.6. The minimum absolute atomic E-state index is 0.0266. The van der Waals surface area contributed by atoms with Gasteiger partial charge in [-0.05, 0) is 85.3 Å². The second-order valence-electron chi connectivity index (χ2n) is 8.31. The number of esters is 1. The lowest BCUT2D eigenvalue weighted by atomic mass is 10.2. The van der Waals surface area contributed by atoms with Gasteiger partial charge in [0.05, 0.1) is 45.6 Å². The first-order valence-corrected chi connectivity index (χ1v) is 14.3. The summed E-state index contributed by atoms with van der Waals surface area (Å²) in [6.45, 7) is 2.02. The van der Waals surface area contributed by atoms with Crippen molar-refractivity contribution in [2.45, 2.75) is 24.9 Å². The summed E-state index contributed by atoms with van der Waals surface area (Å²) in [5, 5.41) is 1.12. The van der Waals surface area contributed by atoms with E-state index < -0.39 is 16.0 Å². The molecule has 11 heteroatoms. The molecule has 0 aliphatic rings. The van der Waals surface area contributed by atoms with Crippen molar-refractivity contribution >= 4 is 62.7 Å². The van der Waals surface area contributed by atoms with Crippen LogP contribution >= 0.6 is 34.8 Å². The van der Waals surface area contributed by atoms with Crippen molar-refractivity contribution in [3.8, 4) is 0 Å². The van der Waals surface area contributed by atoms with Crippen molar-refractivity contribution < 1.29 is 22.4 Å². The Balaban J connectivity index is 1.54. The van der Waals surface area contributed by atoms with Crippen LogP contribution in [-0.2, 0) is 27.8 Å². The molecule has 0 radical (unpaired) electrons. The monoisotopic (exact) mass is 604 g/mol. The van der Waals surface area contributed by atoms with E-state index in [0.717, 1.165) is 0 Å². The number of benzene rings is 3. The molecule has 0 atom stereocenters. The Hall–Kier alpha value is -3.14. The van der Waals surface area contributed by atoms with E-state index in [9.17, 15) is 13.2 Å². The SMILES string of the molecule is CCOC(=O)c1ccc(N=Cc2ccc(CN(Cc3ccc(Cl)c(Cl)c3)S(=O)(=O)c3ccc(Cl)cc3)o2)cc1. The lowest BCUT2D eigenvalue weighted by Crippen LogP contribution is -2.30. The highest BCUT2D eigenvalue weighted by molar-refractivity contribution is 7.89. The number of ether oxygens (including phenoxy) is 1. The number of hydrogen-bond donors (Lipinski definition) is 0. The highest BCUT2D eigenvalue weighted by Gasteiger charge is 2.26. The van der Waals surface area contributed by atoms with Crippen molar-refractivity contribution in [3.05, 3.63) is 117 Å². The molecule has 4 rings (SSSR count). The minimum Gasteiger partial charge on any atom is -0.462 e. The lowest BCUT2D eigenvalue weighted by molar-refractivity contribution is 0.0526. The Morgan fingerprint density at radius 3 is 2.31 bits per heavy atom. The minimum atomic E-state index is -3.93. The van der Waals surface area contributed by atoms with Gasteiger partial charge < -0.3 is 9.15 Å². The van der Waals surface area contributed by atoms with Crippen molar-refractivity contribution in [1.82, 2.24) is 4.31 Å². The molecule has 0 N–H and O–H groups in total. The summed E-state index contributed by atoms with van der Waals surface area (Å²) in [6, 6.07) is 20.9. The summed E-state index contributed by atoms with van der Waals surface area (Å²) in [4.78, 5) is 16.3. The summed E-state index contributed by atoms with van der Waals surface area (Å²) in [6.07, 6.45) is 1.51. The lowest BCUT2D eigenvalue weighted by Gasteiger charge is -2.22. The third kappa shape index (κ3) is 7.50. The van der Waals surface area contributed by atoms with Gasteiger partial charge in [-0.25, -0.2) is 13.2 Å². The molecule has 0 bridgehead atoms. The van der Waals surface area contributed by atoms with E-state index in [-0.39, 0.29) is 18.0 Å². The normalized spacial score (nSPS) is 11.8. The average molecular weight is 606 g/mol. The van der Waals surface area contributed by atoms with Crippen LogP contribution in [0.1, 0.15) is 34.4 Å². The number of halogens is 3. The first-order chi connectivity index (χ1) is 18.7. The third-order valence-electron chi connectivity index (χ3n) is 5.53. The molecule has 0 amide bonds. The number of rotatable bonds is 10. The van der Waals surface area contributed by atoms with Crippen LogP contribution in [0.3, 0.4) is 0 Å². The maximum absolute atomic E-state index is 13.6. The van der Waals surface area contributed by atoms with E-state index in [4.69, 9.17) is 44.0 Å². The first-order valence-electron chi connectivity index (χ1n) is 11.8. The maximum Gasteiger partial charge on any atom is 0.338 e. The van der Waals surface area contributed by atoms with Gasteiger partial charge in [-0.3, -0.25) is 4.99 Å². The molecule has 1 aromatic heterocycles. The molecule has 0 aliphatic heterocycles. The van der Waals surface area contributed by atoms with Crippen molar-refractivity contribution in [3.63, 3.8) is 0 Å². The molecule has 202 valence electrons. The van der Waals surface area contributed by atoms with Crippen molar-refractivity contribution in [1.29, 1.82) is 0 Å². The average Bonchev–Trinajstić information content (AvgIpc) is 3.37. The zero-order valence-electron chi connectivity index (χ0n) is 20.7. The van der Waals surface area contributed by atoms with Crippen molar-refractivity contribution in [2.75, 3.05) is 6.61 Å². The molecule has 1 heterocycles. The molecule has 0 unspecified atom stereocenters. The molecule has 7 nitrogen and oxygen atoms in total. The highest BCUT2D eigenvalue weighted by atomic mass is 35.5. The standard InChI is InChI=1S/C28H23Cl3N2O5S/c1-2-37-28(34)20-4-8-22(9-5-20)32-16-23-10-11-24(38-23)18-33(17-19-3-14-26(30)27(31)15-19)39(35,36)25-12-6-21(29)7-13-25/h3-16H,2,17-18H2,1H3. The number of carbonyl (C=O) groups excluding carboxylic acids is 1. The van der Waals surface area contributed by atoms with Gasteiger partial charge in [0.25, 0.3) is 0 Å². The molecule has 3 aromatic carbocycles. The van der Waals surface area contributed by atoms with Crippen LogP contribution in [0.4, 0.5) is 5.69 Å². The Kier molecular flexibility index (Phi) is 9.48. The van der Waals surface area contributed by atoms with Gasteiger partial charge >= 0.3 is 5.97 Å². The van der Waals surface area contributed by atoms with Crippen LogP contribution in [0.2, 0.25) is 15.1 Å². The second kappa shape index (κ2) is 12.8. The van der Waals surface area contributed by atoms with Crippen LogP contribution in [0, 0.1) is 0 Å². The molecule has 0 aliphatic carbocycles. The third-order valence-corrected chi connectivity index (χ3v) is 8.33. The van der Waals surface area contributed by atoms with E-state index in [1.54, 1.807) is 61.5 Å². The molecular weight excluding hydrogens is 583 g/mol. The van der Waals surface area contributed by atoms with E-state index >= 15 is 0 Å². The zero-order valence-corrected chi connectivity index (χ0v) is 23.8. The predicted molar refractivity (Wildman–Crippen MR) is 153 cm³/mol. The van der Waals surface area contributed by atoms with Gasteiger partial charge in [-0.15, -0.1) is 0 Å². The molecule has 39 heavy (non-hydrogen) atoms. The van der Waals surface area contributed by atoms with Gasteiger partial charge in [-0.2, -0.15) is 4.31 Å². The van der Waals surface area contributed by atoms with E-state index in [0.29, 0.717) is 50.0 Å². The Labute approximate surface area is 241 Å². The molecule has 0 spiro atoms. The summed E-state index contributed by atoms with van der Waals surface area (Å²) >= 11 is 18.2. The van der Waals surface area contributed by atoms with Crippen LogP contribution in [0.15, 0.2) is 93.2 Å². The molecule has 0 fully saturated rings. The molecule has 0 saturated heterocycles. The molecule has 4 aromatic rings. The number of hydrogen-bond acceptors (Lipinski definition) is 6. The fourth-order valence-corrected chi connectivity index (χ4v) is 5.42. The Morgan fingerprint density at radius 1 is 0.923 bits per heavy atom. The van der Waals surface area contributed by atoms with E-state index in [1.807, 2.05) is 0 Å². The Morgan fingerprint density at radius 2 is 1.64 bits per heavy atom. The largest absolute Gasteiger partial charge is 0.462 e. The van der Waals surface area contributed by atoms with Crippen molar-refractivity contribution in [2.24, 2.45) is 4.99 Å². The van der Waals surface area contributed by atoms with Gasteiger partial charge in [0.2, 0.25) is 10.0 Å². The summed E-state index contributed by atoms with van der Waals surface area (Å²) in [7, 11) is -3.93. The van der Waals surface area contributed by atoms with Gasteiger partial charge in [0, 0.05) is 11.6 Å². The van der Waals surface area contributed by atoms with Gasteiger partial charge in [-0.1, -0.05) is 40.9 Å². The number of sulfonamides is 1. The van der Waals surface area contributed by atoms with E-state index in [1.165, 1.54) is 34.8 Å². The first kappa shape index (κ1) is 28.9. The summed E-state index contributed by atoms with van der Waals surface area (Å²) in [5.74, 6) is 0.437.